The topological polar surface area (TPSA) is 93.5 Å². The quantitative estimate of drug-likeness (QED) is 0.610. The lowest BCUT2D eigenvalue weighted by molar-refractivity contribution is -0.384. The molecule has 1 aromatic carbocycles. The van der Waals surface area contributed by atoms with Gasteiger partial charge >= 0.3 is 0 Å². The Labute approximate surface area is 116 Å². The summed E-state index contributed by atoms with van der Waals surface area (Å²) in [5, 5.41) is 16.8. The van der Waals surface area contributed by atoms with Crippen molar-refractivity contribution >= 4 is 17.3 Å². The van der Waals surface area contributed by atoms with Crippen molar-refractivity contribution in [3.63, 3.8) is 0 Å². The molecule has 0 aliphatic heterocycles. The molecule has 0 spiro atoms. The Balaban J connectivity index is 2.10. The fourth-order valence-electron chi connectivity index (χ4n) is 1.76. The van der Waals surface area contributed by atoms with Crippen molar-refractivity contribution < 1.29 is 14.5 Å². The fourth-order valence-corrected chi connectivity index (χ4v) is 1.76. The summed E-state index contributed by atoms with van der Waals surface area (Å²) >= 11 is 0. The maximum absolute atomic E-state index is 11.8. The lowest BCUT2D eigenvalue weighted by Gasteiger charge is -2.15. The van der Waals surface area contributed by atoms with Gasteiger partial charge in [-0.25, -0.2) is 0 Å². The van der Waals surface area contributed by atoms with E-state index in [1.54, 1.807) is 13.0 Å². The van der Waals surface area contributed by atoms with Crippen LogP contribution in [0.1, 0.15) is 19.8 Å². The molecule has 1 saturated carbocycles. The van der Waals surface area contributed by atoms with Gasteiger partial charge in [0.25, 0.3) is 5.69 Å². The third kappa shape index (κ3) is 3.37. The van der Waals surface area contributed by atoms with Gasteiger partial charge in [-0.05, 0) is 31.9 Å². The van der Waals surface area contributed by atoms with Crippen LogP contribution in [0.15, 0.2) is 18.2 Å². The SMILES string of the molecule is COc1ccc(NC(C)C(=O)NC2CC2)c([N+](=O)[O-])c1. The number of rotatable bonds is 6. The van der Waals surface area contributed by atoms with Crippen LogP contribution in [0.3, 0.4) is 0 Å². The Morgan fingerprint density at radius 3 is 2.75 bits per heavy atom. The monoisotopic (exact) mass is 279 g/mol. The van der Waals surface area contributed by atoms with Crippen LogP contribution in [-0.2, 0) is 4.79 Å². The number of ether oxygens (including phenoxy) is 1. The molecule has 20 heavy (non-hydrogen) atoms. The van der Waals surface area contributed by atoms with Crippen LogP contribution in [-0.4, -0.2) is 30.0 Å². The first kappa shape index (κ1) is 14.1. The molecule has 2 N–H and O–H groups in total. The molecule has 7 nitrogen and oxygen atoms in total. The van der Waals surface area contributed by atoms with E-state index in [9.17, 15) is 14.9 Å². The molecule has 1 aliphatic rings. The third-order valence-electron chi connectivity index (χ3n) is 3.09. The van der Waals surface area contributed by atoms with Crippen LogP contribution in [0.5, 0.6) is 5.75 Å². The number of hydrogen-bond donors (Lipinski definition) is 2. The average Bonchev–Trinajstić information content (AvgIpc) is 3.22. The molecule has 108 valence electrons. The maximum Gasteiger partial charge on any atom is 0.296 e. The zero-order valence-corrected chi connectivity index (χ0v) is 11.4. The van der Waals surface area contributed by atoms with Gasteiger partial charge in [0.05, 0.1) is 18.1 Å². The van der Waals surface area contributed by atoms with Crippen LogP contribution in [0, 0.1) is 10.1 Å². The first-order valence-corrected chi connectivity index (χ1v) is 6.40. The van der Waals surface area contributed by atoms with Crippen LogP contribution < -0.4 is 15.4 Å². The number of carbonyl (C=O) groups excluding carboxylic acids is 1. The van der Waals surface area contributed by atoms with Crippen molar-refractivity contribution in [1.82, 2.24) is 5.32 Å². The van der Waals surface area contributed by atoms with E-state index in [1.807, 2.05) is 0 Å². The molecule has 0 aromatic heterocycles. The van der Waals surface area contributed by atoms with Gasteiger partial charge in [-0.3, -0.25) is 14.9 Å². The third-order valence-corrected chi connectivity index (χ3v) is 3.09. The minimum atomic E-state index is -0.539. The molecule has 0 saturated heterocycles. The van der Waals surface area contributed by atoms with Gasteiger partial charge in [-0.1, -0.05) is 0 Å². The van der Waals surface area contributed by atoms with E-state index in [4.69, 9.17) is 4.74 Å². The molecule has 1 amide bonds. The van der Waals surface area contributed by atoms with Gasteiger partial charge in [0.1, 0.15) is 17.5 Å². The largest absolute Gasteiger partial charge is 0.496 e. The molecule has 0 radical (unpaired) electrons. The first-order valence-electron chi connectivity index (χ1n) is 6.40. The highest BCUT2D eigenvalue weighted by Crippen LogP contribution is 2.29. The number of carbonyl (C=O) groups is 1. The second-order valence-corrected chi connectivity index (χ2v) is 4.79. The van der Waals surface area contributed by atoms with Gasteiger partial charge in [-0.15, -0.1) is 0 Å². The minimum Gasteiger partial charge on any atom is -0.496 e. The summed E-state index contributed by atoms with van der Waals surface area (Å²) in [4.78, 5) is 22.4. The van der Waals surface area contributed by atoms with Crippen LogP contribution in [0.2, 0.25) is 0 Å². The number of nitrogens with zero attached hydrogens (tertiary/aromatic N) is 1. The van der Waals surface area contributed by atoms with Crippen molar-refractivity contribution in [2.75, 3.05) is 12.4 Å². The van der Waals surface area contributed by atoms with Gasteiger partial charge in [-0.2, -0.15) is 0 Å². The molecule has 1 fully saturated rings. The van der Waals surface area contributed by atoms with Crippen LogP contribution >= 0.6 is 0 Å². The summed E-state index contributed by atoms with van der Waals surface area (Å²) in [5.41, 5.74) is 0.185. The lowest BCUT2D eigenvalue weighted by Crippen LogP contribution is -2.38. The molecule has 1 aromatic rings. The summed E-state index contributed by atoms with van der Waals surface area (Å²) in [5.74, 6) is 0.245. The number of anilines is 1. The number of methoxy groups -OCH3 is 1. The molecule has 1 unspecified atom stereocenters. The number of nitrogens with one attached hydrogen (secondary N) is 2. The predicted octanol–water partition coefficient (Wildman–Crippen LogP) is 1.68. The van der Waals surface area contributed by atoms with Crippen molar-refractivity contribution in [2.24, 2.45) is 0 Å². The highest BCUT2D eigenvalue weighted by atomic mass is 16.6. The highest BCUT2D eigenvalue weighted by molar-refractivity contribution is 5.85. The normalized spacial score (nSPS) is 15.3. The number of nitro benzene ring substituents is 1. The Morgan fingerprint density at radius 2 is 2.20 bits per heavy atom. The molecular weight excluding hydrogens is 262 g/mol. The Bertz CT molecular complexity index is 528. The Morgan fingerprint density at radius 1 is 1.50 bits per heavy atom. The van der Waals surface area contributed by atoms with Gasteiger partial charge < -0.3 is 15.4 Å². The standard InChI is InChI=1S/C13H17N3O4/c1-8(13(17)15-9-3-4-9)14-11-6-5-10(20-2)7-12(11)16(18)19/h5-9,14H,3-4H2,1-2H3,(H,15,17). The summed E-state index contributed by atoms with van der Waals surface area (Å²) in [6.07, 6.45) is 2.00. The fraction of sp³-hybridized carbons (Fsp3) is 0.462. The molecule has 1 aliphatic carbocycles. The molecule has 0 bridgehead atoms. The summed E-state index contributed by atoms with van der Waals surface area (Å²) in [6, 6.07) is 4.20. The zero-order valence-electron chi connectivity index (χ0n) is 11.4. The van der Waals surface area contributed by atoms with Crippen molar-refractivity contribution in [3.05, 3.63) is 28.3 Å². The highest BCUT2D eigenvalue weighted by Gasteiger charge is 2.26. The number of nitro groups is 1. The predicted molar refractivity (Wildman–Crippen MR) is 73.9 cm³/mol. The van der Waals surface area contributed by atoms with Crippen molar-refractivity contribution in [1.29, 1.82) is 0 Å². The van der Waals surface area contributed by atoms with E-state index in [0.717, 1.165) is 12.8 Å². The average molecular weight is 279 g/mol. The summed E-state index contributed by atoms with van der Waals surface area (Å²) in [6.45, 7) is 1.67. The Kier molecular flexibility index (Phi) is 4.07. The van der Waals surface area contributed by atoms with E-state index in [2.05, 4.69) is 10.6 Å². The van der Waals surface area contributed by atoms with E-state index in [0.29, 0.717) is 11.4 Å². The van der Waals surface area contributed by atoms with Crippen molar-refractivity contribution in [2.45, 2.75) is 31.8 Å². The number of benzene rings is 1. The maximum atomic E-state index is 11.8. The smallest absolute Gasteiger partial charge is 0.296 e. The van der Waals surface area contributed by atoms with Gasteiger partial charge in [0.15, 0.2) is 0 Å². The second-order valence-electron chi connectivity index (χ2n) is 4.79. The van der Waals surface area contributed by atoms with Gasteiger partial charge in [0.2, 0.25) is 5.91 Å². The van der Waals surface area contributed by atoms with Crippen LogP contribution in [0.4, 0.5) is 11.4 Å². The molecule has 7 heteroatoms. The molecule has 0 heterocycles. The first-order chi connectivity index (χ1) is 9.51. The zero-order chi connectivity index (χ0) is 14.7. The van der Waals surface area contributed by atoms with E-state index in [-0.39, 0.29) is 17.6 Å². The second kappa shape index (κ2) is 5.77. The molecular formula is C13H17N3O4. The van der Waals surface area contributed by atoms with Crippen LogP contribution in [0.25, 0.3) is 0 Å². The molecule has 2 rings (SSSR count). The number of hydrogen-bond acceptors (Lipinski definition) is 5. The van der Waals surface area contributed by atoms with Crippen molar-refractivity contribution in [3.8, 4) is 5.75 Å². The van der Waals surface area contributed by atoms with E-state index >= 15 is 0 Å². The van der Waals surface area contributed by atoms with E-state index in [1.165, 1.54) is 19.2 Å². The lowest BCUT2D eigenvalue weighted by atomic mass is 10.2. The molecule has 1 atom stereocenters. The Hall–Kier alpha value is -2.31. The number of amides is 1. The van der Waals surface area contributed by atoms with E-state index < -0.39 is 11.0 Å². The summed E-state index contributed by atoms with van der Waals surface area (Å²) < 4.78 is 4.96. The van der Waals surface area contributed by atoms with Gasteiger partial charge in [0, 0.05) is 6.04 Å². The summed E-state index contributed by atoms with van der Waals surface area (Å²) in [7, 11) is 1.44. The minimum absolute atomic E-state index is 0.115.